The summed E-state index contributed by atoms with van der Waals surface area (Å²) >= 11 is 7.58. The van der Waals surface area contributed by atoms with Crippen LogP contribution in [0.2, 0.25) is 5.02 Å². The molecule has 3 amide bonds. The van der Waals surface area contributed by atoms with Crippen molar-refractivity contribution in [1.29, 1.82) is 0 Å². The van der Waals surface area contributed by atoms with Crippen molar-refractivity contribution in [3.63, 3.8) is 0 Å². The summed E-state index contributed by atoms with van der Waals surface area (Å²) in [6, 6.07) is 8.46. The summed E-state index contributed by atoms with van der Waals surface area (Å²) in [5.41, 5.74) is 0.883. The average Bonchev–Trinajstić information content (AvgIpc) is 3.53. The maximum absolute atomic E-state index is 13.0. The average molecular weight is 474 g/mol. The minimum Gasteiger partial charge on any atom is -0.339 e. The molecule has 8 heteroatoms. The molecular formula is C24H28ClN3O3S. The highest BCUT2D eigenvalue weighted by atomic mass is 35.5. The Balaban J connectivity index is 1.31. The van der Waals surface area contributed by atoms with Crippen molar-refractivity contribution in [1.82, 2.24) is 9.80 Å². The number of carbonyl (C=O) groups is 3. The zero-order valence-electron chi connectivity index (χ0n) is 18.0. The number of nitrogens with zero attached hydrogens (tertiary/aromatic N) is 2. The summed E-state index contributed by atoms with van der Waals surface area (Å²) in [6.45, 7) is 2.14. The van der Waals surface area contributed by atoms with Gasteiger partial charge in [0.15, 0.2) is 0 Å². The highest BCUT2D eigenvalue weighted by Gasteiger charge is 2.26. The van der Waals surface area contributed by atoms with E-state index in [9.17, 15) is 14.4 Å². The zero-order chi connectivity index (χ0) is 22.5. The zero-order valence-corrected chi connectivity index (χ0v) is 19.6. The Kier molecular flexibility index (Phi) is 7.48. The molecule has 6 nitrogen and oxygen atoms in total. The van der Waals surface area contributed by atoms with E-state index in [2.05, 4.69) is 5.32 Å². The van der Waals surface area contributed by atoms with Crippen molar-refractivity contribution in [3.05, 3.63) is 51.2 Å². The fourth-order valence-electron chi connectivity index (χ4n) is 4.47. The monoisotopic (exact) mass is 473 g/mol. The van der Waals surface area contributed by atoms with Crippen molar-refractivity contribution in [2.24, 2.45) is 5.92 Å². The molecule has 0 spiro atoms. The van der Waals surface area contributed by atoms with Gasteiger partial charge in [-0.25, -0.2) is 0 Å². The van der Waals surface area contributed by atoms with Gasteiger partial charge in [0, 0.05) is 38.2 Å². The molecule has 0 unspecified atom stereocenters. The number of carbonyl (C=O) groups excluding carboxylic acids is 3. The number of rotatable bonds is 6. The number of anilines is 1. The van der Waals surface area contributed by atoms with E-state index in [0.29, 0.717) is 59.7 Å². The topological polar surface area (TPSA) is 69.7 Å². The molecule has 0 bridgehead atoms. The summed E-state index contributed by atoms with van der Waals surface area (Å²) in [5, 5.41) is 4.99. The van der Waals surface area contributed by atoms with Crippen LogP contribution in [0.25, 0.3) is 0 Å². The van der Waals surface area contributed by atoms with Crippen LogP contribution < -0.4 is 5.32 Å². The number of amides is 3. The van der Waals surface area contributed by atoms with Crippen molar-refractivity contribution in [2.45, 2.75) is 38.5 Å². The summed E-state index contributed by atoms with van der Waals surface area (Å²) in [7, 11) is 0. The Labute approximate surface area is 197 Å². The standard InChI is InChI=1S/C24H28ClN3O3S/c25-19-9-8-18(16-20(19)26-23(30)21-6-3-15-32-21)24(31)28-13-11-27(12-14-28)22(29)10-7-17-4-1-2-5-17/h3,6,8-9,15-17H,1-2,4-5,7,10-14H2,(H,26,30). The molecule has 1 saturated carbocycles. The lowest BCUT2D eigenvalue weighted by Gasteiger charge is -2.35. The van der Waals surface area contributed by atoms with Crippen molar-refractivity contribution in [3.8, 4) is 0 Å². The van der Waals surface area contributed by atoms with Gasteiger partial charge in [-0.15, -0.1) is 11.3 Å². The van der Waals surface area contributed by atoms with E-state index in [-0.39, 0.29) is 17.7 Å². The first-order chi connectivity index (χ1) is 15.5. The second kappa shape index (κ2) is 10.5. The molecule has 1 aromatic heterocycles. The predicted octanol–water partition coefficient (Wildman–Crippen LogP) is 4.91. The molecule has 1 aliphatic heterocycles. The van der Waals surface area contributed by atoms with Gasteiger partial charge >= 0.3 is 0 Å². The van der Waals surface area contributed by atoms with Crippen LogP contribution in [0.3, 0.4) is 0 Å². The van der Waals surface area contributed by atoms with E-state index >= 15 is 0 Å². The summed E-state index contributed by atoms with van der Waals surface area (Å²) in [5.74, 6) is 0.540. The van der Waals surface area contributed by atoms with Crippen LogP contribution in [-0.2, 0) is 4.79 Å². The Bertz CT molecular complexity index is 965. The largest absolute Gasteiger partial charge is 0.339 e. The van der Waals surface area contributed by atoms with E-state index in [1.807, 2.05) is 10.3 Å². The van der Waals surface area contributed by atoms with E-state index in [1.54, 1.807) is 35.2 Å². The Morgan fingerprint density at radius 2 is 1.75 bits per heavy atom. The second-order valence-corrected chi connectivity index (χ2v) is 9.84. The molecule has 1 aromatic carbocycles. The Morgan fingerprint density at radius 1 is 1.03 bits per heavy atom. The quantitative estimate of drug-likeness (QED) is 0.648. The first kappa shape index (κ1) is 22.8. The van der Waals surface area contributed by atoms with E-state index in [4.69, 9.17) is 11.6 Å². The molecule has 0 atom stereocenters. The lowest BCUT2D eigenvalue weighted by atomic mass is 10.0. The number of benzene rings is 1. The third-order valence-corrected chi connectivity index (χ3v) is 7.57. The van der Waals surface area contributed by atoms with Gasteiger partial charge in [0.05, 0.1) is 15.6 Å². The van der Waals surface area contributed by atoms with Gasteiger partial charge in [-0.2, -0.15) is 0 Å². The summed E-state index contributed by atoms with van der Waals surface area (Å²) in [4.78, 5) is 42.1. The lowest BCUT2D eigenvalue weighted by molar-refractivity contribution is -0.133. The van der Waals surface area contributed by atoms with Crippen molar-refractivity contribution < 1.29 is 14.4 Å². The van der Waals surface area contributed by atoms with Crippen molar-refractivity contribution >= 4 is 46.3 Å². The molecule has 4 rings (SSSR count). The van der Waals surface area contributed by atoms with Crippen LogP contribution in [-0.4, -0.2) is 53.7 Å². The maximum Gasteiger partial charge on any atom is 0.265 e. The van der Waals surface area contributed by atoms with Crippen LogP contribution in [0, 0.1) is 5.92 Å². The van der Waals surface area contributed by atoms with Gasteiger partial charge in [0.1, 0.15) is 0 Å². The molecule has 0 radical (unpaired) electrons. The summed E-state index contributed by atoms with van der Waals surface area (Å²) < 4.78 is 0. The number of halogens is 1. The van der Waals surface area contributed by atoms with E-state index in [0.717, 1.165) is 6.42 Å². The molecule has 1 saturated heterocycles. The normalized spacial score (nSPS) is 16.9. The molecule has 2 heterocycles. The highest BCUT2D eigenvalue weighted by Crippen LogP contribution is 2.29. The Morgan fingerprint density at radius 3 is 2.44 bits per heavy atom. The van der Waals surface area contributed by atoms with E-state index < -0.39 is 0 Å². The fraction of sp³-hybridized carbons (Fsp3) is 0.458. The van der Waals surface area contributed by atoms with Crippen LogP contribution >= 0.6 is 22.9 Å². The van der Waals surface area contributed by atoms with Gasteiger partial charge in [0.2, 0.25) is 5.91 Å². The predicted molar refractivity (Wildman–Crippen MR) is 127 cm³/mol. The summed E-state index contributed by atoms with van der Waals surface area (Å²) in [6.07, 6.45) is 6.71. The van der Waals surface area contributed by atoms with E-state index in [1.165, 1.54) is 37.0 Å². The van der Waals surface area contributed by atoms with Gasteiger partial charge in [0.25, 0.3) is 11.8 Å². The third kappa shape index (κ3) is 5.51. The second-order valence-electron chi connectivity index (χ2n) is 8.49. The smallest absolute Gasteiger partial charge is 0.265 e. The van der Waals surface area contributed by atoms with Crippen LogP contribution in [0.5, 0.6) is 0 Å². The number of thiophene rings is 1. The van der Waals surface area contributed by atoms with Crippen LogP contribution in [0.15, 0.2) is 35.7 Å². The number of hydrogen-bond donors (Lipinski definition) is 1. The number of nitrogens with one attached hydrogen (secondary N) is 1. The maximum atomic E-state index is 13.0. The van der Waals surface area contributed by atoms with Gasteiger partial charge in [-0.1, -0.05) is 43.4 Å². The van der Waals surface area contributed by atoms with Gasteiger partial charge in [-0.05, 0) is 42.0 Å². The van der Waals surface area contributed by atoms with Crippen LogP contribution in [0.1, 0.15) is 58.6 Å². The molecule has 2 fully saturated rings. The SMILES string of the molecule is O=C(Nc1cc(C(=O)N2CCN(C(=O)CCC3CCCC3)CC2)ccc1Cl)c1cccs1. The minimum absolute atomic E-state index is 0.119. The van der Waals surface area contributed by atoms with Crippen molar-refractivity contribution in [2.75, 3.05) is 31.5 Å². The molecule has 32 heavy (non-hydrogen) atoms. The highest BCUT2D eigenvalue weighted by molar-refractivity contribution is 7.12. The molecular weight excluding hydrogens is 446 g/mol. The third-order valence-electron chi connectivity index (χ3n) is 6.37. The lowest BCUT2D eigenvalue weighted by Crippen LogP contribution is -2.50. The van der Waals surface area contributed by atoms with Gasteiger partial charge < -0.3 is 15.1 Å². The molecule has 2 aromatic rings. The minimum atomic E-state index is -0.253. The first-order valence-electron chi connectivity index (χ1n) is 11.2. The molecule has 170 valence electrons. The number of hydrogen-bond acceptors (Lipinski definition) is 4. The first-order valence-corrected chi connectivity index (χ1v) is 12.5. The molecule has 2 aliphatic rings. The Hall–Kier alpha value is -2.38. The number of piperazine rings is 1. The fourth-order valence-corrected chi connectivity index (χ4v) is 5.26. The van der Waals surface area contributed by atoms with Gasteiger partial charge in [-0.3, -0.25) is 14.4 Å². The molecule has 1 aliphatic carbocycles. The van der Waals surface area contributed by atoms with Crippen LogP contribution in [0.4, 0.5) is 5.69 Å². The molecule has 1 N–H and O–H groups in total.